The monoisotopic (exact) mass is 284 g/mol. The molecule has 5 nitrogen and oxygen atoms in total. The molecule has 0 amide bonds. The molecule has 108 valence electrons. The zero-order valence-electron chi connectivity index (χ0n) is 11.9. The van der Waals surface area contributed by atoms with Gasteiger partial charge in [-0.3, -0.25) is 0 Å². The average Bonchev–Trinajstić information content (AvgIpc) is 2.52. The second kappa shape index (κ2) is 6.56. The van der Waals surface area contributed by atoms with Crippen LogP contribution >= 0.6 is 0 Å². The minimum absolute atomic E-state index is 0.118. The van der Waals surface area contributed by atoms with Crippen molar-refractivity contribution in [3.8, 4) is 5.75 Å². The molecular formula is C16H16N2O3. The lowest BCUT2D eigenvalue weighted by Crippen LogP contribution is -2.13. The van der Waals surface area contributed by atoms with Crippen LogP contribution in [0, 0.1) is 0 Å². The van der Waals surface area contributed by atoms with Gasteiger partial charge >= 0.3 is 5.97 Å². The first kappa shape index (κ1) is 14.6. The fourth-order valence-electron chi connectivity index (χ4n) is 1.77. The van der Waals surface area contributed by atoms with E-state index in [0.29, 0.717) is 5.69 Å². The molecule has 0 fully saturated rings. The highest BCUT2D eigenvalue weighted by atomic mass is 16.5. The molecule has 0 aromatic heterocycles. The first-order valence-corrected chi connectivity index (χ1v) is 6.35. The van der Waals surface area contributed by atoms with Gasteiger partial charge in [-0.15, -0.1) is 0 Å². The number of ether oxygens (including phenoxy) is 1. The number of para-hydroxylation sites is 1. The second-order valence-electron chi connectivity index (χ2n) is 4.38. The first-order valence-electron chi connectivity index (χ1n) is 6.35. The Bertz CT molecular complexity index is 654. The number of aliphatic imine (C=N–C) groups is 1. The molecule has 0 spiro atoms. The van der Waals surface area contributed by atoms with Crippen LogP contribution < -0.4 is 4.90 Å². The van der Waals surface area contributed by atoms with Gasteiger partial charge in [0, 0.05) is 18.8 Å². The smallest absolute Gasteiger partial charge is 0.341 e. The molecule has 0 bridgehead atoms. The van der Waals surface area contributed by atoms with Crippen LogP contribution in [0.15, 0.2) is 53.5 Å². The fourth-order valence-corrected chi connectivity index (χ4v) is 1.77. The maximum Gasteiger partial charge on any atom is 0.341 e. The normalized spacial score (nSPS) is 10.6. The average molecular weight is 284 g/mol. The van der Waals surface area contributed by atoms with Crippen molar-refractivity contribution >= 4 is 23.7 Å². The van der Waals surface area contributed by atoms with Crippen LogP contribution in [0.25, 0.3) is 0 Å². The minimum Gasteiger partial charge on any atom is -0.507 e. The Balaban J connectivity index is 2.15. The number of methoxy groups -OCH3 is 1. The molecule has 0 aliphatic rings. The van der Waals surface area contributed by atoms with Crippen LogP contribution in [0.2, 0.25) is 0 Å². The van der Waals surface area contributed by atoms with Gasteiger partial charge in [-0.25, -0.2) is 9.79 Å². The molecule has 0 radical (unpaired) electrons. The Morgan fingerprint density at radius 3 is 2.57 bits per heavy atom. The number of hydrogen-bond acceptors (Lipinski definition) is 4. The summed E-state index contributed by atoms with van der Waals surface area (Å²) in [6.07, 6.45) is 1.64. The number of rotatable bonds is 4. The van der Waals surface area contributed by atoms with Crippen molar-refractivity contribution in [2.24, 2.45) is 4.99 Å². The predicted octanol–water partition coefficient (Wildman–Crippen LogP) is 2.98. The second-order valence-corrected chi connectivity index (χ2v) is 4.38. The highest BCUT2D eigenvalue weighted by molar-refractivity contribution is 5.93. The molecule has 0 heterocycles. The van der Waals surface area contributed by atoms with E-state index in [9.17, 15) is 9.90 Å². The third kappa shape index (κ3) is 3.60. The fraction of sp³-hybridized carbons (Fsp3) is 0.125. The Morgan fingerprint density at radius 1 is 1.24 bits per heavy atom. The van der Waals surface area contributed by atoms with E-state index in [0.717, 1.165) is 5.69 Å². The zero-order chi connectivity index (χ0) is 15.2. The molecule has 0 aliphatic carbocycles. The summed E-state index contributed by atoms with van der Waals surface area (Å²) in [5, 5.41) is 9.79. The van der Waals surface area contributed by atoms with Gasteiger partial charge in [0.2, 0.25) is 0 Å². The molecule has 2 rings (SSSR count). The summed E-state index contributed by atoms with van der Waals surface area (Å²) in [5.41, 5.74) is 1.66. The number of phenolic OH excluding ortho intramolecular Hbond substituents is 1. The van der Waals surface area contributed by atoms with Gasteiger partial charge in [-0.2, -0.15) is 0 Å². The van der Waals surface area contributed by atoms with Crippen LogP contribution in [-0.4, -0.2) is 31.6 Å². The molecule has 21 heavy (non-hydrogen) atoms. The first-order chi connectivity index (χ1) is 10.1. The molecular weight excluding hydrogens is 268 g/mol. The summed E-state index contributed by atoms with van der Waals surface area (Å²) < 4.78 is 4.57. The Kier molecular flexibility index (Phi) is 4.56. The van der Waals surface area contributed by atoms with Crippen LogP contribution in [0.1, 0.15) is 10.4 Å². The van der Waals surface area contributed by atoms with Crippen LogP contribution in [0.5, 0.6) is 5.75 Å². The predicted molar refractivity (Wildman–Crippen MR) is 82.4 cm³/mol. The number of esters is 1. The Labute approximate surface area is 123 Å². The molecule has 0 unspecified atom stereocenters. The van der Waals surface area contributed by atoms with E-state index in [1.807, 2.05) is 42.3 Å². The summed E-state index contributed by atoms with van der Waals surface area (Å²) in [6, 6.07) is 14.3. The number of carbonyl (C=O) groups excluding carboxylic acids is 1. The van der Waals surface area contributed by atoms with Crippen molar-refractivity contribution in [1.29, 1.82) is 0 Å². The molecule has 0 atom stereocenters. The summed E-state index contributed by atoms with van der Waals surface area (Å²) >= 11 is 0. The van der Waals surface area contributed by atoms with E-state index in [2.05, 4.69) is 9.73 Å². The van der Waals surface area contributed by atoms with E-state index < -0.39 is 5.97 Å². The number of anilines is 1. The zero-order valence-corrected chi connectivity index (χ0v) is 11.9. The lowest BCUT2D eigenvalue weighted by atomic mass is 10.2. The highest BCUT2D eigenvalue weighted by Gasteiger charge is 2.11. The number of aromatic hydroxyl groups is 1. The lowest BCUT2D eigenvalue weighted by molar-refractivity contribution is 0.0597. The van der Waals surface area contributed by atoms with Crippen LogP contribution in [-0.2, 0) is 4.74 Å². The molecule has 0 saturated heterocycles. The number of benzene rings is 2. The SMILES string of the molecule is COC(=O)c1ccc(/N=C\N(C)c2ccccc2)cc1O. The summed E-state index contributed by atoms with van der Waals surface area (Å²) in [5.74, 6) is -0.733. The van der Waals surface area contributed by atoms with E-state index in [-0.39, 0.29) is 11.3 Å². The van der Waals surface area contributed by atoms with Gasteiger partial charge < -0.3 is 14.7 Å². The van der Waals surface area contributed by atoms with Gasteiger partial charge in [0.15, 0.2) is 0 Å². The quantitative estimate of drug-likeness (QED) is 0.532. The maximum atomic E-state index is 11.4. The summed E-state index contributed by atoms with van der Waals surface area (Å²) in [7, 11) is 3.14. The van der Waals surface area contributed by atoms with E-state index in [1.54, 1.807) is 12.4 Å². The van der Waals surface area contributed by atoms with Crippen molar-refractivity contribution in [3.05, 3.63) is 54.1 Å². The van der Waals surface area contributed by atoms with Crippen LogP contribution in [0.4, 0.5) is 11.4 Å². The number of hydrogen-bond donors (Lipinski definition) is 1. The molecule has 5 heteroatoms. The van der Waals surface area contributed by atoms with Crippen molar-refractivity contribution in [2.75, 3.05) is 19.1 Å². The molecule has 1 N–H and O–H groups in total. The van der Waals surface area contributed by atoms with Crippen molar-refractivity contribution in [3.63, 3.8) is 0 Å². The largest absolute Gasteiger partial charge is 0.507 e. The van der Waals surface area contributed by atoms with E-state index in [4.69, 9.17) is 0 Å². The maximum absolute atomic E-state index is 11.4. The molecule has 2 aromatic carbocycles. The van der Waals surface area contributed by atoms with Crippen molar-refractivity contribution < 1.29 is 14.6 Å². The number of phenols is 1. The van der Waals surface area contributed by atoms with Gasteiger partial charge in [-0.05, 0) is 24.3 Å². The topological polar surface area (TPSA) is 62.1 Å². The standard InChI is InChI=1S/C16H16N2O3/c1-18(13-6-4-3-5-7-13)11-17-12-8-9-14(15(19)10-12)16(20)21-2/h3-11,19H,1-2H3/b17-11-. The third-order valence-corrected chi connectivity index (χ3v) is 2.93. The van der Waals surface area contributed by atoms with Crippen molar-refractivity contribution in [2.45, 2.75) is 0 Å². The minimum atomic E-state index is -0.579. The van der Waals surface area contributed by atoms with Crippen LogP contribution in [0.3, 0.4) is 0 Å². The third-order valence-electron chi connectivity index (χ3n) is 2.93. The van der Waals surface area contributed by atoms with E-state index >= 15 is 0 Å². The molecule has 0 aliphatic heterocycles. The highest BCUT2D eigenvalue weighted by Crippen LogP contribution is 2.24. The van der Waals surface area contributed by atoms with Gasteiger partial charge in [-0.1, -0.05) is 18.2 Å². The Morgan fingerprint density at radius 2 is 1.95 bits per heavy atom. The van der Waals surface area contributed by atoms with E-state index in [1.165, 1.54) is 19.2 Å². The van der Waals surface area contributed by atoms with Gasteiger partial charge in [0.05, 0.1) is 19.1 Å². The molecule has 0 saturated carbocycles. The molecule has 2 aromatic rings. The van der Waals surface area contributed by atoms with Gasteiger partial charge in [0.1, 0.15) is 11.3 Å². The summed E-state index contributed by atoms with van der Waals surface area (Å²) in [4.78, 5) is 17.5. The summed E-state index contributed by atoms with van der Waals surface area (Å²) in [6.45, 7) is 0. The van der Waals surface area contributed by atoms with Gasteiger partial charge in [0.25, 0.3) is 0 Å². The Hall–Kier alpha value is -2.82. The number of carbonyl (C=O) groups is 1. The lowest BCUT2D eigenvalue weighted by Gasteiger charge is -2.12. The van der Waals surface area contributed by atoms with Crippen molar-refractivity contribution in [1.82, 2.24) is 0 Å². The number of nitrogens with zero attached hydrogens (tertiary/aromatic N) is 2.